The molecule has 9 aromatic carbocycles. The Morgan fingerprint density at radius 3 is 1.98 bits per heavy atom. The topological polar surface area (TPSA) is 21.3 Å². The van der Waals surface area contributed by atoms with E-state index >= 15 is 0 Å². The van der Waals surface area contributed by atoms with Gasteiger partial charge in [-0.05, 0) is 117 Å². The van der Waals surface area contributed by atoms with Crippen molar-refractivity contribution in [3.63, 3.8) is 0 Å². The SMILES string of the molecule is c1ccc(-n2c3ccccc3c3ccc(N(c4ccc5c(c4)-c4cccc6cc7ccccc7c-5c46)c4ccc5oc6ccccc6c5c4)cc32)cc1. The monoisotopic (exact) mass is 674 g/mol. The third-order valence-corrected chi connectivity index (χ3v) is 11.3. The van der Waals surface area contributed by atoms with Gasteiger partial charge in [0.1, 0.15) is 11.2 Å². The van der Waals surface area contributed by atoms with Crippen LogP contribution in [0.2, 0.25) is 0 Å². The number of hydrogen-bond acceptors (Lipinski definition) is 2. The van der Waals surface area contributed by atoms with Crippen LogP contribution in [-0.4, -0.2) is 4.57 Å². The van der Waals surface area contributed by atoms with Crippen molar-refractivity contribution in [1.29, 1.82) is 0 Å². The molecule has 0 radical (unpaired) electrons. The first kappa shape index (κ1) is 28.6. The summed E-state index contributed by atoms with van der Waals surface area (Å²) in [6.45, 7) is 0. The Morgan fingerprint density at radius 2 is 1.06 bits per heavy atom. The van der Waals surface area contributed by atoms with Gasteiger partial charge >= 0.3 is 0 Å². The van der Waals surface area contributed by atoms with Crippen LogP contribution in [0.1, 0.15) is 0 Å². The number of rotatable bonds is 4. The van der Waals surface area contributed by atoms with Gasteiger partial charge in [0.15, 0.2) is 0 Å². The maximum atomic E-state index is 6.30. The first-order valence-electron chi connectivity index (χ1n) is 18.2. The predicted octanol–water partition coefficient (Wildman–Crippen LogP) is 14.1. The second-order valence-electron chi connectivity index (χ2n) is 14.1. The van der Waals surface area contributed by atoms with Crippen molar-refractivity contribution in [2.24, 2.45) is 0 Å². The smallest absolute Gasteiger partial charge is 0.135 e. The lowest BCUT2D eigenvalue weighted by Gasteiger charge is -2.26. The van der Waals surface area contributed by atoms with Crippen LogP contribution in [0.15, 0.2) is 186 Å². The number of aromatic nitrogens is 1. The minimum atomic E-state index is 0.887. The summed E-state index contributed by atoms with van der Waals surface area (Å²) in [6, 6.07) is 66.1. The van der Waals surface area contributed by atoms with Gasteiger partial charge in [0, 0.05) is 44.3 Å². The third-order valence-electron chi connectivity index (χ3n) is 11.3. The Bertz CT molecular complexity index is 3290. The van der Waals surface area contributed by atoms with Crippen LogP contribution < -0.4 is 4.90 Å². The number of nitrogens with zero attached hydrogens (tertiary/aromatic N) is 2. The van der Waals surface area contributed by atoms with Crippen molar-refractivity contribution in [1.82, 2.24) is 4.57 Å². The van der Waals surface area contributed by atoms with Crippen LogP contribution in [0.4, 0.5) is 17.1 Å². The molecule has 0 unspecified atom stereocenters. The average molecular weight is 675 g/mol. The fourth-order valence-corrected chi connectivity index (χ4v) is 8.99. The molecule has 0 bridgehead atoms. The molecule has 0 amide bonds. The molecule has 0 N–H and O–H groups in total. The van der Waals surface area contributed by atoms with Crippen molar-refractivity contribution in [3.8, 4) is 27.9 Å². The van der Waals surface area contributed by atoms with E-state index in [-0.39, 0.29) is 0 Å². The molecular formula is C50H30N2O. The molecular weight excluding hydrogens is 645 g/mol. The van der Waals surface area contributed by atoms with E-state index in [4.69, 9.17) is 4.42 Å². The normalized spacial score (nSPS) is 12.2. The second-order valence-corrected chi connectivity index (χ2v) is 14.1. The summed E-state index contributed by atoms with van der Waals surface area (Å²) in [7, 11) is 0. The number of anilines is 3. The van der Waals surface area contributed by atoms with Crippen molar-refractivity contribution in [3.05, 3.63) is 182 Å². The molecule has 53 heavy (non-hydrogen) atoms. The first-order chi connectivity index (χ1) is 26.3. The van der Waals surface area contributed by atoms with Gasteiger partial charge in [-0.3, -0.25) is 0 Å². The van der Waals surface area contributed by atoms with Crippen molar-refractivity contribution >= 4 is 82.4 Å². The Kier molecular flexibility index (Phi) is 5.77. The summed E-state index contributed by atoms with van der Waals surface area (Å²) in [6.07, 6.45) is 0. The highest BCUT2D eigenvalue weighted by Crippen LogP contribution is 2.52. The second kappa shape index (κ2) is 10.7. The van der Waals surface area contributed by atoms with E-state index in [9.17, 15) is 0 Å². The van der Waals surface area contributed by atoms with Crippen LogP contribution in [0, 0.1) is 0 Å². The van der Waals surface area contributed by atoms with Crippen molar-refractivity contribution in [2.75, 3.05) is 4.90 Å². The molecule has 2 aromatic heterocycles. The summed E-state index contributed by atoms with van der Waals surface area (Å²) in [4.78, 5) is 2.41. The predicted molar refractivity (Wildman–Crippen MR) is 222 cm³/mol. The number of furan rings is 1. The van der Waals surface area contributed by atoms with E-state index in [0.717, 1.165) is 44.7 Å². The van der Waals surface area contributed by atoms with Gasteiger partial charge in [-0.2, -0.15) is 0 Å². The van der Waals surface area contributed by atoms with E-state index in [2.05, 4.69) is 179 Å². The fourth-order valence-electron chi connectivity index (χ4n) is 8.99. The molecule has 1 aliphatic rings. The summed E-state index contributed by atoms with van der Waals surface area (Å²) < 4.78 is 8.69. The van der Waals surface area contributed by atoms with E-state index < -0.39 is 0 Å². The zero-order valence-corrected chi connectivity index (χ0v) is 28.6. The zero-order chi connectivity index (χ0) is 34.6. The number of hydrogen-bond donors (Lipinski definition) is 0. The molecule has 12 rings (SSSR count). The Morgan fingerprint density at radius 1 is 0.377 bits per heavy atom. The van der Waals surface area contributed by atoms with Gasteiger partial charge in [-0.15, -0.1) is 0 Å². The summed E-state index contributed by atoms with van der Waals surface area (Å²) in [5.74, 6) is 0. The summed E-state index contributed by atoms with van der Waals surface area (Å²) in [5.41, 5.74) is 13.7. The molecule has 0 saturated carbocycles. The van der Waals surface area contributed by atoms with Gasteiger partial charge in [-0.25, -0.2) is 0 Å². The third kappa shape index (κ3) is 4.05. The quantitative estimate of drug-likeness (QED) is 0.173. The minimum absolute atomic E-state index is 0.887. The molecule has 1 aliphatic carbocycles. The molecule has 0 spiro atoms. The molecule has 11 aromatic rings. The lowest BCUT2D eigenvalue weighted by molar-refractivity contribution is 0.669. The summed E-state index contributed by atoms with van der Waals surface area (Å²) in [5, 5.41) is 9.88. The maximum absolute atomic E-state index is 6.30. The van der Waals surface area contributed by atoms with Gasteiger partial charge in [0.25, 0.3) is 0 Å². The van der Waals surface area contributed by atoms with E-state index in [1.165, 1.54) is 65.6 Å². The van der Waals surface area contributed by atoms with E-state index in [0.29, 0.717) is 0 Å². The molecule has 3 nitrogen and oxygen atoms in total. The number of benzene rings is 9. The maximum Gasteiger partial charge on any atom is 0.135 e. The molecule has 246 valence electrons. The first-order valence-corrected chi connectivity index (χ1v) is 18.2. The Hall–Kier alpha value is -7.10. The van der Waals surface area contributed by atoms with Gasteiger partial charge in [0.05, 0.1) is 11.0 Å². The van der Waals surface area contributed by atoms with Crippen molar-refractivity contribution in [2.45, 2.75) is 0 Å². The fraction of sp³-hybridized carbons (Fsp3) is 0. The highest BCUT2D eigenvalue weighted by molar-refractivity contribution is 6.24. The molecule has 0 aliphatic heterocycles. The van der Waals surface area contributed by atoms with Crippen LogP contribution in [0.25, 0.3) is 93.2 Å². The van der Waals surface area contributed by atoms with Gasteiger partial charge in [-0.1, -0.05) is 109 Å². The molecule has 2 heterocycles. The van der Waals surface area contributed by atoms with Gasteiger partial charge < -0.3 is 13.9 Å². The highest BCUT2D eigenvalue weighted by atomic mass is 16.3. The Labute approximate surface area is 305 Å². The van der Waals surface area contributed by atoms with E-state index in [1.54, 1.807) is 0 Å². The van der Waals surface area contributed by atoms with Crippen molar-refractivity contribution < 1.29 is 4.42 Å². The van der Waals surface area contributed by atoms with Crippen LogP contribution in [0.5, 0.6) is 0 Å². The van der Waals surface area contributed by atoms with E-state index in [1.807, 2.05) is 12.1 Å². The summed E-state index contributed by atoms with van der Waals surface area (Å²) >= 11 is 0. The highest BCUT2D eigenvalue weighted by Gasteiger charge is 2.26. The van der Waals surface area contributed by atoms with Crippen LogP contribution in [0.3, 0.4) is 0 Å². The molecule has 0 saturated heterocycles. The lowest BCUT2D eigenvalue weighted by atomic mass is 9.96. The van der Waals surface area contributed by atoms with Crippen LogP contribution >= 0.6 is 0 Å². The zero-order valence-electron chi connectivity index (χ0n) is 28.6. The lowest BCUT2D eigenvalue weighted by Crippen LogP contribution is -2.10. The van der Waals surface area contributed by atoms with Gasteiger partial charge in [0.2, 0.25) is 0 Å². The largest absolute Gasteiger partial charge is 0.456 e. The Balaban J connectivity index is 1.13. The van der Waals surface area contributed by atoms with Crippen LogP contribution in [-0.2, 0) is 0 Å². The molecule has 3 heteroatoms. The standard InChI is InChI=1S/C50H30N2O/c1-2-13-33(14-3-1)52-45-19-8-6-16-38(45)39-24-21-36(30-46(39)52)51(35-23-26-48-44(29-35)40-17-7-9-20-47(40)53-48)34-22-25-42-43(28-34)41-18-10-12-32-27-31-11-4-5-15-37(31)50(42)49(32)41/h1-30H. The molecule has 0 atom stereocenters. The minimum Gasteiger partial charge on any atom is -0.456 e. The molecule has 0 fully saturated rings. The number of para-hydroxylation sites is 3. The number of fused-ring (bicyclic) bond motifs is 11. The average Bonchev–Trinajstić information content (AvgIpc) is 3.87.